The van der Waals surface area contributed by atoms with Crippen molar-refractivity contribution in [1.82, 2.24) is 14.8 Å². The minimum Gasteiger partial charge on any atom is -0.309 e. The zero-order chi connectivity index (χ0) is 18.4. The average Bonchev–Trinajstić information content (AvgIpc) is 3.05. The van der Waals surface area contributed by atoms with E-state index in [1.54, 1.807) is 0 Å². The van der Waals surface area contributed by atoms with Crippen molar-refractivity contribution in [2.75, 3.05) is 10.7 Å². The maximum atomic E-state index is 13.0. The third kappa shape index (κ3) is 4.32. The summed E-state index contributed by atoms with van der Waals surface area (Å²) >= 11 is 1.42. The third-order valence-electron chi connectivity index (χ3n) is 4.12. The number of carbonyl (C=O) groups is 1. The molecule has 3 aromatic rings. The van der Waals surface area contributed by atoms with Crippen LogP contribution in [0.1, 0.15) is 18.3 Å². The van der Waals surface area contributed by atoms with Gasteiger partial charge in [0.1, 0.15) is 5.82 Å². The summed E-state index contributed by atoms with van der Waals surface area (Å²) in [6.45, 7) is 2.59. The molecule has 0 aliphatic carbocycles. The smallest absolute Gasteiger partial charge is 0.237 e. The number of hydrogen-bond acceptors (Lipinski definition) is 4. The lowest BCUT2D eigenvalue weighted by atomic mass is 10.2. The highest BCUT2D eigenvalue weighted by Gasteiger charge is 2.18. The second kappa shape index (κ2) is 8.67. The number of hydrogen-bond donors (Lipinski definition) is 0. The van der Waals surface area contributed by atoms with E-state index in [1.807, 2.05) is 84.1 Å². The van der Waals surface area contributed by atoms with Crippen LogP contribution >= 0.6 is 11.8 Å². The molecule has 0 atom stereocenters. The molecule has 2 aromatic carbocycles. The standard InChI is InChI=1S/C20H22N4OS/c1-3-18-21-22-20(23(18)2)26-15-19(25)24(17-12-8-5-9-13-17)14-16-10-6-4-7-11-16/h4-13H,3,14-15H2,1-2H3. The van der Waals surface area contributed by atoms with Crippen molar-refractivity contribution in [3.8, 4) is 0 Å². The van der Waals surface area contributed by atoms with Gasteiger partial charge in [0, 0.05) is 19.2 Å². The molecule has 0 aliphatic rings. The highest BCUT2D eigenvalue weighted by molar-refractivity contribution is 7.99. The first-order valence-electron chi connectivity index (χ1n) is 8.59. The van der Waals surface area contributed by atoms with Gasteiger partial charge in [0.25, 0.3) is 0 Å². The predicted octanol–water partition coefficient (Wildman–Crippen LogP) is 3.70. The van der Waals surface area contributed by atoms with Crippen LogP contribution in [0, 0.1) is 0 Å². The number of aryl methyl sites for hydroxylation is 1. The Hall–Kier alpha value is -2.60. The lowest BCUT2D eigenvalue weighted by Crippen LogP contribution is -2.32. The number of amides is 1. The Balaban J connectivity index is 1.75. The van der Waals surface area contributed by atoms with Crippen molar-refractivity contribution in [3.05, 3.63) is 72.1 Å². The van der Waals surface area contributed by atoms with Gasteiger partial charge >= 0.3 is 0 Å². The molecule has 1 heterocycles. The zero-order valence-electron chi connectivity index (χ0n) is 15.0. The first kappa shape index (κ1) is 18.2. The molecule has 0 saturated heterocycles. The topological polar surface area (TPSA) is 51.0 Å². The van der Waals surface area contributed by atoms with Gasteiger partial charge in [-0.1, -0.05) is 67.2 Å². The number of carbonyl (C=O) groups excluding carboxylic acids is 1. The molecular weight excluding hydrogens is 344 g/mol. The maximum Gasteiger partial charge on any atom is 0.237 e. The molecule has 0 bridgehead atoms. The summed E-state index contributed by atoms with van der Waals surface area (Å²) in [4.78, 5) is 14.8. The first-order chi connectivity index (χ1) is 12.7. The molecule has 6 heteroatoms. The number of rotatable bonds is 7. The zero-order valence-corrected chi connectivity index (χ0v) is 15.8. The monoisotopic (exact) mass is 366 g/mol. The number of aromatic nitrogens is 3. The summed E-state index contributed by atoms with van der Waals surface area (Å²) in [5, 5.41) is 9.10. The van der Waals surface area contributed by atoms with Crippen molar-refractivity contribution in [3.63, 3.8) is 0 Å². The molecule has 0 N–H and O–H groups in total. The quantitative estimate of drug-likeness (QED) is 0.598. The minimum absolute atomic E-state index is 0.0473. The van der Waals surface area contributed by atoms with E-state index >= 15 is 0 Å². The summed E-state index contributed by atoms with van der Waals surface area (Å²) in [5.41, 5.74) is 2.00. The van der Waals surface area contributed by atoms with Gasteiger partial charge < -0.3 is 9.47 Å². The Labute approximate surface area is 158 Å². The molecule has 1 aromatic heterocycles. The van der Waals surface area contributed by atoms with Crippen LogP contribution in [0.4, 0.5) is 5.69 Å². The molecule has 3 rings (SSSR count). The van der Waals surface area contributed by atoms with Gasteiger partial charge in [-0.25, -0.2) is 0 Å². The lowest BCUT2D eigenvalue weighted by Gasteiger charge is -2.23. The van der Waals surface area contributed by atoms with E-state index in [9.17, 15) is 4.79 Å². The van der Waals surface area contributed by atoms with E-state index in [2.05, 4.69) is 10.2 Å². The van der Waals surface area contributed by atoms with E-state index in [0.717, 1.165) is 28.7 Å². The van der Waals surface area contributed by atoms with Gasteiger partial charge in [0.05, 0.1) is 12.3 Å². The van der Waals surface area contributed by atoms with Crippen LogP contribution in [0.3, 0.4) is 0 Å². The normalized spacial score (nSPS) is 10.7. The molecule has 0 aliphatic heterocycles. The Morgan fingerprint density at radius 1 is 1.04 bits per heavy atom. The Bertz CT molecular complexity index is 849. The predicted molar refractivity (Wildman–Crippen MR) is 105 cm³/mol. The van der Waals surface area contributed by atoms with E-state index in [0.29, 0.717) is 12.3 Å². The van der Waals surface area contributed by atoms with Crippen molar-refractivity contribution >= 4 is 23.4 Å². The van der Waals surface area contributed by atoms with Gasteiger partial charge in [0.15, 0.2) is 5.16 Å². The molecule has 0 unspecified atom stereocenters. The molecular formula is C20H22N4OS. The van der Waals surface area contributed by atoms with Crippen LogP contribution in [-0.2, 0) is 24.8 Å². The second-order valence-electron chi connectivity index (χ2n) is 5.90. The van der Waals surface area contributed by atoms with Crippen LogP contribution in [0.5, 0.6) is 0 Å². The summed E-state index contributed by atoms with van der Waals surface area (Å²) in [5.74, 6) is 1.28. The van der Waals surface area contributed by atoms with E-state index in [4.69, 9.17) is 0 Å². The maximum absolute atomic E-state index is 13.0. The summed E-state index contributed by atoms with van der Waals surface area (Å²) < 4.78 is 1.95. The molecule has 1 amide bonds. The molecule has 0 spiro atoms. The van der Waals surface area contributed by atoms with Crippen LogP contribution < -0.4 is 4.90 Å². The lowest BCUT2D eigenvalue weighted by molar-refractivity contribution is -0.116. The van der Waals surface area contributed by atoms with Gasteiger partial charge in [-0.2, -0.15) is 0 Å². The van der Waals surface area contributed by atoms with Gasteiger partial charge in [0.2, 0.25) is 5.91 Å². The molecule has 0 radical (unpaired) electrons. The van der Waals surface area contributed by atoms with E-state index in [-0.39, 0.29) is 5.91 Å². The fraction of sp³-hybridized carbons (Fsp3) is 0.250. The van der Waals surface area contributed by atoms with Gasteiger partial charge in [-0.15, -0.1) is 10.2 Å². The van der Waals surface area contributed by atoms with Crippen LogP contribution in [0.2, 0.25) is 0 Å². The second-order valence-corrected chi connectivity index (χ2v) is 6.84. The van der Waals surface area contributed by atoms with Crippen LogP contribution in [0.15, 0.2) is 65.8 Å². The van der Waals surface area contributed by atoms with Gasteiger partial charge in [-0.3, -0.25) is 4.79 Å². The summed E-state index contributed by atoms with van der Waals surface area (Å²) in [6, 6.07) is 19.8. The van der Waals surface area contributed by atoms with Crippen LogP contribution in [0.25, 0.3) is 0 Å². The average molecular weight is 366 g/mol. The highest BCUT2D eigenvalue weighted by Crippen LogP contribution is 2.21. The van der Waals surface area contributed by atoms with Gasteiger partial charge in [-0.05, 0) is 17.7 Å². The SMILES string of the molecule is CCc1nnc(SCC(=O)N(Cc2ccccc2)c2ccccc2)n1C. The number of benzene rings is 2. The molecule has 5 nitrogen and oxygen atoms in total. The summed E-state index contributed by atoms with van der Waals surface area (Å²) in [7, 11) is 1.94. The molecule has 26 heavy (non-hydrogen) atoms. The van der Waals surface area contributed by atoms with Crippen molar-refractivity contribution in [1.29, 1.82) is 0 Å². The number of nitrogens with zero attached hydrogens (tertiary/aromatic N) is 4. The molecule has 0 saturated carbocycles. The van der Waals surface area contributed by atoms with Crippen molar-refractivity contribution in [2.24, 2.45) is 7.05 Å². The van der Waals surface area contributed by atoms with Crippen molar-refractivity contribution in [2.45, 2.75) is 25.0 Å². The molecule has 134 valence electrons. The fourth-order valence-electron chi connectivity index (χ4n) is 2.68. The fourth-order valence-corrected chi connectivity index (χ4v) is 3.49. The number of para-hydroxylation sites is 1. The summed E-state index contributed by atoms with van der Waals surface area (Å²) in [6.07, 6.45) is 0.822. The number of anilines is 1. The Kier molecular flexibility index (Phi) is 6.07. The largest absolute Gasteiger partial charge is 0.309 e. The van der Waals surface area contributed by atoms with E-state index < -0.39 is 0 Å². The minimum atomic E-state index is 0.0473. The highest BCUT2D eigenvalue weighted by atomic mass is 32.2. The first-order valence-corrected chi connectivity index (χ1v) is 9.58. The van der Waals surface area contributed by atoms with Crippen molar-refractivity contribution < 1.29 is 4.79 Å². The Morgan fingerprint density at radius 3 is 2.31 bits per heavy atom. The van der Waals surface area contributed by atoms with Crippen LogP contribution in [-0.4, -0.2) is 26.4 Å². The molecule has 0 fully saturated rings. The third-order valence-corrected chi connectivity index (χ3v) is 5.12. The Morgan fingerprint density at radius 2 is 1.69 bits per heavy atom. The number of thioether (sulfide) groups is 1. The van der Waals surface area contributed by atoms with E-state index in [1.165, 1.54) is 11.8 Å².